The minimum absolute atomic E-state index is 0.189. The number of para-hydroxylation sites is 2. The summed E-state index contributed by atoms with van der Waals surface area (Å²) in [4.78, 5) is 28.3. The van der Waals surface area contributed by atoms with Crippen LogP contribution < -0.4 is 14.4 Å². The Morgan fingerprint density at radius 1 is 1.06 bits per heavy atom. The average molecular weight is 504 g/mol. The van der Waals surface area contributed by atoms with Crippen LogP contribution in [-0.2, 0) is 26.2 Å². The molecule has 0 aromatic heterocycles. The molecule has 192 valence electrons. The highest BCUT2D eigenvalue weighted by atomic mass is 32.2. The van der Waals surface area contributed by atoms with E-state index >= 15 is 0 Å². The number of carbonyl (C=O) groups is 2. The third-order valence-electron chi connectivity index (χ3n) is 5.85. The second kappa shape index (κ2) is 13.1. The summed E-state index contributed by atoms with van der Waals surface area (Å²) in [5, 5.41) is 2.92. The molecule has 0 saturated carbocycles. The predicted molar refractivity (Wildman–Crippen MR) is 139 cm³/mol. The van der Waals surface area contributed by atoms with Crippen molar-refractivity contribution in [1.29, 1.82) is 0 Å². The molecule has 0 fully saturated rings. The molecular formula is C26H37N3O5S. The molecule has 0 aliphatic heterocycles. The van der Waals surface area contributed by atoms with Gasteiger partial charge in [-0.3, -0.25) is 13.9 Å². The van der Waals surface area contributed by atoms with E-state index in [-0.39, 0.29) is 18.1 Å². The van der Waals surface area contributed by atoms with Crippen LogP contribution in [-0.4, -0.2) is 57.6 Å². The zero-order valence-electron chi connectivity index (χ0n) is 21.3. The van der Waals surface area contributed by atoms with Crippen LogP contribution in [0.25, 0.3) is 0 Å². The van der Waals surface area contributed by atoms with E-state index in [1.54, 1.807) is 24.3 Å². The zero-order valence-corrected chi connectivity index (χ0v) is 22.1. The first-order valence-corrected chi connectivity index (χ1v) is 13.7. The molecule has 2 aromatic rings. The third kappa shape index (κ3) is 7.71. The average Bonchev–Trinajstić information content (AvgIpc) is 2.82. The molecule has 0 heterocycles. The number of amides is 2. The van der Waals surface area contributed by atoms with E-state index < -0.39 is 28.5 Å². The second-order valence-electron chi connectivity index (χ2n) is 8.46. The number of benzene rings is 2. The largest absolute Gasteiger partial charge is 0.495 e. The monoisotopic (exact) mass is 503 g/mol. The van der Waals surface area contributed by atoms with Crippen molar-refractivity contribution in [3.05, 3.63) is 59.7 Å². The molecule has 0 saturated heterocycles. The summed E-state index contributed by atoms with van der Waals surface area (Å²) >= 11 is 0. The number of rotatable bonds is 13. The minimum Gasteiger partial charge on any atom is -0.495 e. The van der Waals surface area contributed by atoms with Gasteiger partial charge in [-0.1, -0.05) is 56.7 Å². The maximum atomic E-state index is 13.7. The van der Waals surface area contributed by atoms with Crippen LogP contribution in [0.4, 0.5) is 5.69 Å². The van der Waals surface area contributed by atoms with Crippen LogP contribution in [0.1, 0.15) is 44.2 Å². The van der Waals surface area contributed by atoms with Crippen LogP contribution in [0.2, 0.25) is 0 Å². The van der Waals surface area contributed by atoms with E-state index in [1.165, 1.54) is 12.0 Å². The number of methoxy groups -OCH3 is 1. The number of anilines is 1. The van der Waals surface area contributed by atoms with Crippen molar-refractivity contribution in [1.82, 2.24) is 10.2 Å². The first-order chi connectivity index (χ1) is 16.6. The van der Waals surface area contributed by atoms with Gasteiger partial charge in [0.25, 0.3) is 0 Å². The Hall–Kier alpha value is -3.07. The lowest BCUT2D eigenvalue weighted by Gasteiger charge is -2.33. The molecule has 0 aliphatic carbocycles. The number of sulfonamides is 1. The highest BCUT2D eigenvalue weighted by molar-refractivity contribution is 7.92. The first kappa shape index (κ1) is 28.2. The molecule has 2 rings (SSSR count). The lowest BCUT2D eigenvalue weighted by molar-refractivity contribution is -0.140. The van der Waals surface area contributed by atoms with E-state index in [9.17, 15) is 18.0 Å². The van der Waals surface area contributed by atoms with Gasteiger partial charge in [-0.15, -0.1) is 0 Å². The van der Waals surface area contributed by atoms with Crippen LogP contribution in [0, 0.1) is 6.92 Å². The number of hydrogen-bond acceptors (Lipinski definition) is 5. The molecule has 0 radical (unpaired) electrons. The Kier molecular flexibility index (Phi) is 10.6. The molecule has 0 unspecified atom stereocenters. The Bertz CT molecular complexity index is 1100. The summed E-state index contributed by atoms with van der Waals surface area (Å²) in [5.74, 6) is -0.381. The second-order valence-corrected chi connectivity index (χ2v) is 10.4. The van der Waals surface area contributed by atoms with Crippen molar-refractivity contribution < 1.29 is 22.7 Å². The zero-order chi connectivity index (χ0) is 26.0. The van der Waals surface area contributed by atoms with Gasteiger partial charge >= 0.3 is 0 Å². The van der Waals surface area contributed by atoms with Gasteiger partial charge in [-0.25, -0.2) is 8.42 Å². The summed E-state index contributed by atoms with van der Waals surface area (Å²) < 4.78 is 31.8. The van der Waals surface area contributed by atoms with E-state index in [0.717, 1.165) is 34.5 Å². The number of nitrogens with zero attached hydrogens (tertiary/aromatic N) is 2. The highest BCUT2D eigenvalue weighted by Gasteiger charge is 2.32. The number of carbonyl (C=O) groups excluding carboxylic acids is 2. The maximum Gasteiger partial charge on any atom is 0.244 e. The summed E-state index contributed by atoms with van der Waals surface area (Å²) in [5.41, 5.74) is 2.14. The fourth-order valence-corrected chi connectivity index (χ4v) is 4.68. The van der Waals surface area contributed by atoms with Gasteiger partial charge in [0.05, 0.1) is 19.1 Å². The van der Waals surface area contributed by atoms with E-state index in [1.807, 2.05) is 45.0 Å². The predicted octanol–water partition coefficient (Wildman–Crippen LogP) is 3.49. The van der Waals surface area contributed by atoms with Crippen molar-refractivity contribution in [2.75, 3.05) is 30.8 Å². The van der Waals surface area contributed by atoms with Crippen molar-refractivity contribution >= 4 is 27.5 Å². The van der Waals surface area contributed by atoms with Gasteiger partial charge < -0.3 is 15.0 Å². The smallest absolute Gasteiger partial charge is 0.244 e. The normalized spacial score (nSPS) is 12.0. The molecule has 1 N–H and O–H groups in total. The molecular weight excluding hydrogens is 466 g/mol. The minimum atomic E-state index is -3.83. The Balaban J connectivity index is 2.45. The first-order valence-electron chi connectivity index (χ1n) is 11.9. The maximum absolute atomic E-state index is 13.7. The third-order valence-corrected chi connectivity index (χ3v) is 6.98. The number of ether oxygens (including phenoxy) is 1. The molecule has 0 aliphatic rings. The summed E-state index contributed by atoms with van der Waals surface area (Å²) in [7, 11) is -2.38. The van der Waals surface area contributed by atoms with E-state index in [0.29, 0.717) is 18.7 Å². The molecule has 2 amide bonds. The van der Waals surface area contributed by atoms with Gasteiger partial charge in [-0.2, -0.15) is 0 Å². The van der Waals surface area contributed by atoms with Crippen molar-refractivity contribution in [2.45, 2.75) is 52.6 Å². The van der Waals surface area contributed by atoms with E-state index in [2.05, 4.69) is 5.32 Å². The standard InChI is InChI=1S/C26H37N3O5S/c1-6-8-17-27-26(31)22(7-2)28(18-21-14-10-9-13-20(21)3)25(30)19-29(35(5,32)33)23-15-11-12-16-24(23)34-4/h9-16,22H,6-8,17-19H2,1-5H3,(H,27,31)/t22-/m0/s1. The molecule has 0 bridgehead atoms. The molecule has 1 atom stereocenters. The lowest BCUT2D eigenvalue weighted by atomic mass is 10.1. The SMILES string of the molecule is CCCCNC(=O)[C@H](CC)N(Cc1ccccc1C)C(=O)CN(c1ccccc1OC)S(C)(=O)=O. The Morgan fingerprint density at radius 2 is 1.71 bits per heavy atom. The van der Waals surface area contributed by atoms with Crippen molar-refractivity contribution in [3.63, 3.8) is 0 Å². The van der Waals surface area contributed by atoms with Gasteiger partial charge in [0.15, 0.2) is 0 Å². The Labute approximate surface area is 209 Å². The molecule has 8 nitrogen and oxygen atoms in total. The molecule has 2 aromatic carbocycles. The van der Waals surface area contributed by atoms with Crippen LogP contribution >= 0.6 is 0 Å². The number of hydrogen-bond donors (Lipinski definition) is 1. The van der Waals surface area contributed by atoms with Crippen LogP contribution in [0.3, 0.4) is 0 Å². The quantitative estimate of drug-likeness (QED) is 0.422. The van der Waals surface area contributed by atoms with Gasteiger partial charge in [0.2, 0.25) is 21.8 Å². The number of aryl methyl sites for hydroxylation is 1. The summed E-state index contributed by atoms with van der Waals surface area (Å²) in [6.07, 6.45) is 3.21. The van der Waals surface area contributed by atoms with Gasteiger partial charge in [0.1, 0.15) is 18.3 Å². The van der Waals surface area contributed by atoms with Crippen molar-refractivity contribution in [2.24, 2.45) is 0 Å². The van der Waals surface area contributed by atoms with Crippen LogP contribution in [0.15, 0.2) is 48.5 Å². The molecule has 0 spiro atoms. The topological polar surface area (TPSA) is 96.0 Å². The van der Waals surface area contributed by atoms with Gasteiger partial charge in [-0.05, 0) is 43.0 Å². The molecule has 35 heavy (non-hydrogen) atoms. The number of unbranched alkanes of at least 4 members (excludes halogenated alkanes) is 1. The summed E-state index contributed by atoms with van der Waals surface area (Å²) in [6, 6.07) is 13.5. The highest BCUT2D eigenvalue weighted by Crippen LogP contribution is 2.29. The Morgan fingerprint density at radius 3 is 2.31 bits per heavy atom. The van der Waals surface area contributed by atoms with Crippen LogP contribution in [0.5, 0.6) is 5.75 Å². The van der Waals surface area contributed by atoms with Gasteiger partial charge in [0, 0.05) is 13.1 Å². The lowest BCUT2D eigenvalue weighted by Crippen LogP contribution is -2.52. The fourth-order valence-electron chi connectivity index (χ4n) is 3.83. The molecule has 9 heteroatoms. The summed E-state index contributed by atoms with van der Waals surface area (Å²) in [6.45, 7) is 6.08. The number of nitrogens with one attached hydrogen (secondary N) is 1. The van der Waals surface area contributed by atoms with E-state index in [4.69, 9.17) is 4.74 Å². The fraction of sp³-hybridized carbons (Fsp3) is 0.462. The van der Waals surface area contributed by atoms with Crippen molar-refractivity contribution in [3.8, 4) is 5.75 Å².